The first-order chi connectivity index (χ1) is 11.3. The molecule has 1 aromatic rings. The van der Waals surface area contributed by atoms with Gasteiger partial charge in [0.2, 0.25) is 5.91 Å². The minimum absolute atomic E-state index is 0.180. The molecule has 1 fully saturated rings. The average Bonchev–Trinajstić information content (AvgIpc) is 2.60. The number of hydrogen-bond acceptors (Lipinski definition) is 4. The lowest BCUT2D eigenvalue weighted by molar-refractivity contribution is -0.133. The molecular weight excluding hydrogens is 294 g/mol. The Balaban J connectivity index is 1.58. The van der Waals surface area contributed by atoms with E-state index in [9.17, 15) is 4.79 Å². The number of carbonyl (C=O) groups is 1. The second-order valence-corrected chi connectivity index (χ2v) is 5.80. The summed E-state index contributed by atoms with van der Waals surface area (Å²) in [5, 5.41) is 0. The second kappa shape index (κ2) is 10.2. The molecule has 1 aliphatic heterocycles. The fourth-order valence-electron chi connectivity index (χ4n) is 2.67. The van der Waals surface area contributed by atoms with Crippen molar-refractivity contribution < 1.29 is 19.0 Å². The summed E-state index contributed by atoms with van der Waals surface area (Å²) < 4.78 is 16.1. The van der Waals surface area contributed by atoms with Crippen molar-refractivity contribution in [2.24, 2.45) is 5.92 Å². The van der Waals surface area contributed by atoms with E-state index in [0.29, 0.717) is 32.2 Å². The number of ether oxygens (including phenoxy) is 3. The zero-order valence-corrected chi connectivity index (χ0v) is 13.9. The molecule has 0 saturated carbocycles. The molecule has 0 atom stereocenters. The van der Waals surface area contributed by atoms with E-state index in [1.165, 1.54) is 0 Å². The number of benzene rings is 1. The zero-order chi connectivity index (χ0) is 16.3. The molecule has 0 N–H and O–H groups in total. The fraction of sp³-hybridized carbons (Fsp3) is 0.611. The van der Waals surface area contributed by atoms with Crippen molar-refractivity contribution in [1.29, 1.82) is 0 Å². The highest BCUT2D eigenvalue weighted by Gasteiger charge is 2.22. The molecule has 1 saturated heterocycles. The highest BCUT2D eigenvalue weighted by molar-refractivity contribution is 5.76. The van der Waals surface area contributed by atoms with Gasteiger partial charge in [-0.2, -0.15) is 0 Å². The van der Waals surface area contributed by atoms with Crippen LogP contribution in [0.1, 0.15) is 19.3 Å². The predicted molar refractivity (Wildman–Crippen MR) is 88.6 cm³/mol. The molecule has 1 aliphatic rings. The average molecular weight is 321 g/mol. The van der Waals surface area contributed by atoms with Crippen molar-refractivity contribution in [2.75, 3.05) is 46.6 Å². The second-order valence-electron chi connectivity index (χ2n) is 5.80. The maximum atomic E-state index is 12.2. The van der Waals surface area contributed by atoms with E-state index in [-0.39, 0.29) is 5.91 Å². The number of amides is 1. The van der Waals surface area contributed by atoms with Crippen molar-refractivity contribution >= 4 is 5.91 Å². The molecule has 1 heterocycles. The third kappa shape index (κ3) is 6.59. The van der Waals surface area contributed by atoms with Gasteiger partial charge in [0.15, 0.2) is 0 Å². The van der Waals surface area contributed by atoms with Crippen LogP contribution < -0.4 is 4.74 Å². The van der Waals surface area contributed by atoms with Crippen molar-refractivity contribution in [3.05, 3.63) is 30.3 Å². The van der Waals surface area contributed by atoms with Gasteiger partial charge in [0, 0.05) is 26.8 Å². The molecule has 0 bridgehead atoms. The fourth-order valence-corrected chi connectivity index (χ4v) is 2.67. The van der Waals surface area contributed by atoms with E-state index in [1.54, 1.807) is 7.11 Å². The highest BCUT2D eigenvalue weighted by atomic mass is 16.5. The summed E-state index contributed by atoms with van der Waals surface area (Å²) >= 11 is 0. The van der Waals surface area contributed by atoms with Crippen LogP contribution in [-0.4, -0.2) is 57.4 Å². The van der Waals surface area contributed by atoms with Crippen molar-refractivity contribution in [1.82, 2.24) is 4.90 Å². The van der Waals surface area contributed by atoms with E-state index in [2.05, 4.69) is 0 Å². The quantitative estimate of drug-likeness (QED) is 0.655. The summed E-state index contributed by atoms with van der Waals surface area (Å²) in [6.45, 7) is 4.13. The van der Waals surface area contributed by atoms with Crippen LogP contribution in [0.4, 0.5) is 0 Å². The first-order valence-corrected chi connectivity index (χ1v) is 8.32. The normalized spacial score (nSPS) is 15.6. The lowest BCUT2D eigenvalue weighted by Crippen LogP contribution is -2.40. The van der Waals surface area contributed by atoms with Crippen LogP contribution in [0.25, 0.3) is 0 Å². The predicted octanol–water partition coefficient (Wildman–Crippen LogP) is 2.36. The van der Waals surface area contributed by atoms with Gasteiger partial charge in [0.25, 0.3) is 0 Å². The van der Waals surface area contributed by atoms with Gasteiger partial charge >= 0.3 is 0 Å². The molecule has 5 heteroatoms. The first kappa shape index (κ1) is 17.8. The highest BCUT2D eigenvalue weighted by Crippen LogP contribution is 2.18. The Labute approximate surface area is 138 Å². The van der Waals surface area contributed by atoms with Gasteiger partial charge in [0.1, 0.15) is 5.75 Å². The summed E-state index contributed by atoms with van der Waals surface area (Å²) in [7, 11) is 1.68. The molecule has 0 unspecified atom stereocenters. The topological polar surface area (TPSA) is 48.0 Å². The molecule has 1 aromatic carbocycles. The van der Waals surface area contributed by atoms with Crippen LogP contribution in [0.15, 0.2) is 30.3 Å². The van der Waals surface area contributed by atoms with Crippen molar-refractivity contribution in [3.8, 4) is 5.75 Å². The van der Waals surface area contributed by atoms with Crippen LogP contribution in [0.5, 0.6) is 5.75 Å². The minimum atomic E-state index is 0.180. The van der Waals surface area contributed by atoms with Gasteiger partial charge in [-0.3, -0.25) is 4.79 Å². The smallest absolute Gasteiger partial charge is 0.225 e. The molecule has 0 radical (unpaired) electrons. The third-order valence-corrected chi connectivity index (χ3v) is 4.08. The number of methoxy groups -OCH3 is 1. The largest absolute Gasteiger partial charge is 0.493 e. The molecule has 5 nitrogen and oxygen atoms in total. The molecule has 0 spiro atoms. The van der Waals surface area contributed by atoms with Crippen LogP contribution in [0.3, 0.4) is 0 Å². The zero-order valence-electron chi connectivity index (χ0n) is 13.9. The Kier molecular flexibility index (Phi) is 7.90. The molecule has 0 aliphatic carbocycles. The lowest BCUT2D eigenvalue weighted by atomic mass is 9.97. The molecule has 2 rings (SSSR count). The number of para-hydroxylation sites is 1. The van der Waals surface area contributed by atoms with Crippen LogP contribution in [0.2, 0.25) is 0 Å². The maximum Gasteiger partial charge on any atom is 0.225 e. The minimum Gasteiger partial charge on any atom is -0.493 e. The SMILES string of the molecule is COCCOCC1CCN(C(=O)CCOc2ccccc2)CC1. The van der Waals surface area contributed by atoms with Gasteiger partial charge in [-0.05, 0) is 30.9 Å². The molecular formula is C18H27NO4. The third-order valence-electron chi connectivity index (χ3n) is 4.08. The van der Waals surface area contributed by atoms with Gasteiger partial charge in [0.05, 0.1) is 26.2 Å². The summed E-state index contributed by atoms with van der Waals surface area (Å²) in [5.74, 6) is 1.54. The maximum absolute atomic E-state index is 12.2. The van der Waals surface area contributed by atoms with Gasteiger partial charge in [-0.1, -0.05) is 18.2 Å². The van der Waals surface area contributed by atoms with Gasteiger partial charge in [-0.15, -0.1) is 0 Å². The summed E-state index contributed by atoms with van der Waals surface area (Å²) in [4.78, 5) is 14.1. The van der Waals surface area contributed by atoms with Crippen LogP contribution in [-0.2, 0) is 14.3 Å². The van der Waals surface area contributed by atoms with E-state index >= 15 is 0 Å². The summed E-state index contributed by atoms with van der Waals surface area (Å²) in [6.07, 6.45) is 2.46. The van der Waals surface area contributed by atoms with Crippen molar-refractivity contribution in [3.63, 3.8) is 0 Å². The van der Waals surface area contributed by atoms with Crippen molar-refractivity contribution in [2.45, 2.75) is 19.3 Å². The lowest BCUT2D eigenvalue weighted by Gasteiger charge is -2.32. The number of nitrogens with zero attached hydrogens (tertiary/aromatic N) is 1. The summed E-state index contributed by atoms with van der Waals surface area (Å²) in [6, 6.07) is 9.60. The van der Waals surface area contributed by atoms with Crippen LogP contribution in [0, 0.1) is 5.92 Å². The summed E-state index contributed by atoms with van der Waals surface area (Å²) in [5.41, 5.74) is 0. The van der Waals surface area contributed by atoms with E-state index in [4.69, 9.17) is 14.2 Å². The Morgan fingerprint density at radius 3 is 2.57 bits per heavy atom. The Bertz CT molecular complexity index is 444. The molecule has 23 heavy (non-hydrogen) atoms. The van der Waals surface area contributed by atoms with E-state index in [0.717, 1.165) is 38.3 Å². The van der Waals surface area contributed by atoms with E-state index in [1.807, 2.05) is 35.2 Å². The number of rotatable bonds is 9. The van der Waals surface area contributed by atoms with Gasteiger partial charge < -0.3 is 19.1 Å². The number of likely N-dealkylation sites (tertiary alicyclic amines) is 1. The molecule has 128 valence electrons. The monoisotopic (exact) mass is 321 g/mol. The van der Waals surface area contributed by atoms with Crippen LogP contribution >= 0.6 is 0 Å². The first-order valence-electron chi connectivity index (χ1n) is 8.32. The Morgan fingerprint density at radius 2 is 1.87 bits per heavy atom. The van der Waals surface area contributed by atoms with Gasteiger partial charge in [-0.25, -0.2) is 0 Å². The molecule has 1 amide bonds. The standard InChI is InChI=1S/C18H27NO4/c1-21-13-14-22-15-16-7-10-19(11-8-16)18(20)9-12-23-17-5-3-2-4-6-17/h2-6,16H,7-15H2,1H3. The molecule has 0 aromatic heterocycles. The Hall–Kier alpha value is -1.59. The number of piperidine rings is 1. The Morgan fingerprint density at radius 1 is 1.13 bits per heavy atom. The number of carbonyl (C=O) groups excluding carboxylic acids is 1. The van der Waals surface area contributed by atoms with E-state index < -0.39 is 0 Å². The number of hydrogen-bond donors (Lipinski definition) is 0.